The Hall–Kier alpha value is -1.87. The Morgan fingerprint density at radius 1 is 1.22 bits per heavy atom. The number of isocyanates is 1. The van der Waals surface area contributed by atoms with Gasteiger partial charge in [-0.3, -0.25) is 0 Å². The van der Waals surface area contributed by atoms with E-state index in [4.69, 9.17) is 9.47 Å². The van der Waals surface area contributed by atoms with Crippen molar-refractivity contribution in [2.24, 2.45) is 4.99 Å². The molecule has 3 rings (SSSR count). The van der Waals surface area contributed by atoms with E-state index < -0.39 is 11.4 Å². The standard InChI is InChI=1S/C13H12FNO3/c14-10-4-3-9(11-12(10)18-8-17-11)13(15-7-16)5-1-2-6-13/h3-4H,1-2,5-6,8H2. The average molecular weight is 249 g/mol. The van der Waals surface area contributed by atoms with Crippen molar-refractivity contribution in [1.29, 1.82) is 0 Å². The summed E-state index contributed by atoms with van der Waals surface area (Å²) in [7, 11) is 0. The van der Waals surface area contributed by atoms with Crippen LogP contribution in [0.5, 0.6) is 11.5 Å². The Kier molecular flexibility index (Phi) is 2.56. The number of aliphatic imine (C=N–C) groups is 1. The summed E-state index contributed by atoms with van der Waals surface area (Å²) < 4.78 is 24.0. The lowest BCUT2D eigenvalue weighted by Crippen LogP contribution is -2.19. The molecule has 1 aromatic rings. The van der Waals surface area contributed by atoms with Crippen LogP contribution in [-0.2, 0) is 10.3 Å². The Balaban J connectivity index is 2.17. The van der Waals surface area contributed by atoms with Crippen molar-refractivity contribution in [2.45, 2.75) is 31.2 Å². The Bertz CT molecular complexity index is 531. The molecule has 0 amide bonds. The Labute approximate surface area is 103 Å². The van der Waals surface area contributed by atoms with Crippen LogP contribution in [0.15, 0.2) is 17.1 Å². The van der Waals surface area contributed by atoms with Crippen LogP contribution in [0.2, 0.25) is 0 Å². The highest BCUT2D eigenvalue weighted by molar-refractivity contribution is 5.53. The minimum absolute atomic E-state index is 0.00412. The summed E-state index contributed by atoms with van der Waals surface area (Å²) in [6.45, 7) is 0.00412. The maximum Gasteiger partial charge on any atom is 0.235 e. The summed E-state index contributed by atoms with van der Waals surface area (Å²) in [5.74, 6) is 0.0604. The second kappa shape index (κ2) is 4.10. The number of hydrogen-bond donors (Lipinski definition) is 0. The number of nitrogens with zero attached hydrogens (tertiary/aromatic N) is 1. The van der Waals surface area contributed by atoms with Gasteiger partial charge in [-0.1, -0.05) is 12.8 Å². The van der Waals surface area contributed by atoms with E-state index in [0.717, 1.165) is 31.2 Å². The van der Waals surface area contributed by atoms with Crippen LogP contribution in [0.1, 0.15) is 31.2 Å². The number of rotatable bonds is 2. The van der Waals surface area contributed by atoms with Gasteiger partial charge in [-0.15, -0.1) is 0 Å². The zero-order valence-corrected chi connectivity index (χ0v) is 9.74. The Morgan fingerprint density at radius 2 is 1.94 bits per heavy atom. The molecule has 0 bridgehead atoms. The summed E-state index contributed by atoms with van der Waals surface area (Å²) in [4.78, 5) is 14.6. The molecule has 0 radical (unpaired) electrons. The van der Waals surface area contributed by atoms with Crippen LogP contribution < -0.4 is 9.47 Å². The Morgan fingerprint density at radius 3 is 2.67 bits per heavy atom. The maximum absolute atomic E-state index is 13.6. The number of ether oxygens (including phenoxy) is 2. The van der Waals surface area contributed by atoms with Gasteiger partial charge in [-0.2, -0.15) is 4.99 Å². The van der Waals surface area contributed by atoms with Gasteiger partial charge < -0.3 is 9.47 Å². The van der Waals surface area contributed by atoms with E-state index in [9.17, 15) is 9.18 Å². The van der Waals surface area contributed by atoms with Crippen molar-refractivity contribution in [3.63, 3.8) is 0 Å². The predicted molar refractivity (Wildman–Crippen MR) is 60.8 cm³/mol. The van der Waals surface area contributed by atoms with E-state index in [2.05, 4.69) is 4.99 Å². The summed E-state index contributed by atoms with van der Waals surface area (Å²) in [6.07, 6.45) is 5.12. The number of halogens is 1. The molecule has 0 unspecified atom stereocenters. The van der Waals surface area contributed by atoms with Crippen LogP contribution in [0.25, 0.3) is 0 Å². The maximum atomic E-state index is 13.6. The minimum atomic E-state index is -0.618. The lowest BCUT2D eigenvalue weighted by atomic mass is 9.88. The molecule has 0 atom stereocenters. The highest BCUT2D eigenvalue weighted by Gasteiger charge is 2.40. The third kappa shape index (κ3) is 1.51. The van der Waals surface area contributed by atoms with Gasteiger partial charge in [0.05, 0.1) is 0 Å². The molecule has 18 heavy (non-hydrogen) atoms. The van der Waals surface area contributed by atoms with E-state index in [1.165, 1.54) is 6.07 Å². The molecule has 4 nitrogen and oxygen atoms in total. The van der Waals surface area contributed by atoms with Crippen LogP contribution in [0.4, 0.5) is 4.39 Å². The molecule has 5 heteroatoms. The number of hydrogen-bond acceptors (Lipinski definition) is 4. The number of fused-ring (bicyclic) bond motifs is 1. The lowest BCUT2D eigenvalue weighted by Gasteiger charge is -2.24. The van der Waals surface area contributed by atoms with Gasteiger partial charge in [0.15, 0.2) is 11.6 Å². The first-order valence-electron chi connectivity index (χ1n) is 5.94. The zero-order valence-electron chi connectivity index (χ0n) is 9.74. The summed E-state index contributed by atoms with van der Waals surface area (Å²) in [5, 5.41) is 0. The minimum Gasteiger partial charge on any atom is -0.453 e. The van der Waals surface area contributed by atoms with Crippen molar-refractivity contribution in [1.82, 2.24) is 0 Å². The van der Waals surface area contributed by atoms with E-state index in [1.807, 2.05) is 0 Å². The first-order chi connectivity index (χ1) is 8.77. The molecule has 0 N–H and O–H groups in total. The van der Waals surface area contributed by atoms with E-state index in [0.29, 0.717) is 5.75 Å². The summed E-state index contributed by atoms with van der Waals surface area (Å²) >= 11 is 0. The van der Waals surface area contributed by atoms with Crippen molar-refractivity contribution in [3.8, 4) is 11.5 Å². The van der Waals surface area contributed by atoms with Gasteiger partial charge in [0.2, 0.25) is 18.6 Å². The van der Waals surface area contributed by atoms with Crippen molar-refractivity contribution in [2.75, 3.05) is 6.79 Å². The van der Waals surface area contributed by atoms with Crippen LogP contribution in [-0.4, -0.2) is 12.9 Å². The molecule has 0 aromatic heterocycles. The second-order valence-electron chi connectivity index (χ2n) is 4.60. The van der Waals surface area contributed by atoms with E-state index in [1.54, 1.807) is 12.1 Å². The van der Waals surface area contributed by atoms with Gasteiger partial charge in [0, 0.05) is 5.56 Å². The van der Waals surface area contributed by atoms with Crippen LogP contribution in [0, 0.1) is 5.82 Å². The third-order valence-electron chi connectivity index (χ3n) is 3.66. The molecule has 1 aliphatic carbocycles. The first-order valence-corrected chi connectivity index (χ1v) is 5.94. The molecule has 0 saturated heterocycles. The molecule has 1 saturated carbocycles. The van der Waals surface area contributed by atoms with Crippen LogP contribution >= 0.6 is 0 Å². The highest BCUT2D eigenvalue weighted by Crippen LogP contribution is 2.50. The molecule has 1 fully saturated rings. The highest BCUT2D eigenvalue weighted by atomic mass is 19.1. The van der Waals surface area contributed by atoms with Gasteiger partial charge in [-0.05, 0) is 25.0 Å². The normalized spacial score (nSPS) is 19.6. The molecule has 0 spiro atoms. The van der Waals surface area contributed by atoms with Crippen molar-refractivity contribution in [3.05, 3.63) is 23.5 Å². The number of carbonyl (C=O) groups excluding carboxylic acids is 1. The smallest absolute Gasteiger partial charge is 0.235 e. The molecule has 94 valence electrons. The topological polar surface area (TPSA) is 47.9 Å². The summed E-state index contributed by atoms with van der Waals surface area (Å²) in [6, 6.07) is 2.97. The monoisotopic (exact) mass is 249 g/mol. The van der Waals surface area contributed by atoms with Crippen molar-refractivity contribution >= 4 is 6.08 Å². The quantitative estimate of drug-likeness (QED) is 0.598. The molecule has 1 aliphatic heterocycles. The van der Waals surface area contributed by atoms with E-state index >= 15 is 0 Å². The van der Waals surface area contributed by atoms with Gasteiger partial charge >= 0.3 is 0 Å². The fourth-order valence-electron chi connectivity index (χ4n) is 2.82. The number of benzene rings is 1. The first kappa shape index (κ1) is 11.2. The van der Waals surface area contributed by atoms with E-state index in [-0.39, 0.29) is 12.5 Å². The van der Waals surface area contributed by atoms with Gasteiger partial charge in [0.1, 0.15) is 5.54 Å². The second-order valence-corrected chi connectivity index (χ2v) is 4.60. The predicted octanol–water partition coefficient (Wildman–Crippen LogP) is 2.66. The molecule has 1 heterocycles. The zero-order chi connectivity index (χ0) is 12.6. The van der Waals surface area contributed by atoms with Gasteiger partial charge in [-0.25, -0.2) is 9.18 Å². The lowest BCUT2D eigenvalue weighted by molar-refractivity contribution is 0.169. The fraction of sp³-hybridized carbons (Fsp3) is 0.462. The third-order valence-corrected chi connectivity index (χ3v) is 3.66. The molecule has 2 aliphatic rings. The molecular weight excluding hydrogens is 237 g/mol. The fourth-order valence-corrected chi connectivity index (χ4v) is 2.82. The van der Waals surface area contributed by atoms with Gasteiger partial charge in [0.25, 0.3) is 0 Å². The average Bonchev–Trinajstić information content (AvgIpc) is 2.99. The molecule has 1 aromatic carbocycles. The largest absolute Gasteiger partial charge is 0.453 e. The van der Waals surface area contributed by atoms with Crippen LogP contribution in [0.3, 0.4) is 0 Å². The SMILES string of the molecule is O=C=NC1(c2ccc(F)c3c2OCO3)CCCC1. The van der Waals surface area contributed by atoms with Crippen molar-refractivity contribution < 1.29 is 18.7 Å². The summed E-state index contributed by atoms with van der Waals surface area (Å²) in [5.41, 5.74) is 0.116. The molecular formula is C13H12FNO3.